The minimum Gasteiger partial charge on any atom is -0.494 e. The van der Waals surface area contributed by atoms with Crippen LogP contribution < -0.4 is 15.4 Å². The van der Waals surface area contributed by atoms with Gasteiger partial charge in [0, 0.05) is 22.6 Å². The molecule has 7 heteroatoms. The minimum absolute atomic E-state index is 0.331. The minimum atomic E-state index is 0.331. The van der Waals surface area contributed by atoms with Gasteiger partial charge >= 0.3 is 0 Å². The van der Waals surface area contributed by atoms with Gasteiger partial charge in [-0.25, -0.2) is 4.98 Å². The molecule has 1 aromatic carbocycles. The second-order valence-corrected chi connectivity index (χ2v) is 6.45. The van der Waals surface area contributed by atoms with E-state index in [9.17, 15) is 0 Å². The van der Waals surface area contributed by atoms with Gasteiger partial charge in [0.2, 0.25) is 0 Å². The predicted octanol–water partition coefficient (Wildman–Crippen LogP) is 3.60. The highest BCUT2D eigenvalue weighted by Crippen LogP contribution is 2.25. The molecule has 0 amide bonds. The lowest BCUT2D eigenvalue weighted by atomic mass is 10.1. The van der Waals surface area contributed by atoms with E-state index < -0.39 is 0 Å². The van der Waals surface area contributed by atoms with Crippen LogP contribution in [0.4, 0.5) is 5.13 Å². The molecule has 2 rings (SSSR count). The molecule has 0 unspecified atom stereocenters. The fourth-order valence-electron chi connectivity index (χ4n) is 1.92. The fourth-order valence-corrected chi connectivity index (χ4v) is 3.25. The number of hydrogen-bond donors (Lipinski definition) is 1. The zero-order chi connectivity index (χ0) is 15.2. The van der Waals surface area contributed by atoms with Crippen LogP contribution in [-0.2, 0) is 6.42 Å². The van der Waals surface area contributed by atoms with E-state index in [-0.39, 0.29) is 0 Å². The Balaban J connectivity index is 2.14. The molecule has 0 saturated carbocycles. The van der Waals surface area contributed by atoms with E-state index in [1.807, 2.05) is 29.3 Å². The molecule has 0 spiro atoms. The first-order valence-corrected chi connectivity index (χ1v) is 8.57. The number of nitrogens with two attached hydrogens (primary N) is 1. The van der Waals surface area contributed by atoms with Gasteiger partial charge in [-0.15, -0.1) is 11.3 Å². The van der Waals surface area contributed by atoms with Crippen LogP contribution in [0.25, 0.3) is 0 Å². The van der Waals surface area contributed by atoms with Crippen molar-refractivity contribution >= 4 is 49.7 Å². The average Bonchev–Trinajstić information content (AvgIpc) is 2.95. The number of aromatic nitrogens is 1. The van der Waals surface area contributed by atoms with Crippen LogP contribution >= 0.6 is 39.5 Å². The lowest BCUT2D eigenvalue weighted by Gasteiger charge is -2.20. The van der Waals surface area contributed by atoms with E-state index in [0.717, 1.165) is 27.3 Å². The van der Waals surface area contributed by atoms with Crippen LogP contribution in [0.2, 0.25) is 0 Å². The van der Waals surface area contributed by atoms with Crippen LogP contribution in [-0.4, -0.2) is 23.2 Å². The Morgan fingerprint density at radius 2 is 2.33 bits per heavy atom. The molecule has 2 aromatic rings. The van der Waals surface area contributed by atoms with Crippen LogP contribution in [0, 0.1) is 0 Å². The van der Waals surface area contributed by atoms with Gasteiger partial charge in [0.05, 0.1) is 6.61 Å². The third kappa shape index (κ3) is 4.39. The van der Waals surface area contributed by atoms with Crippen molar-refractivity contribution in [1.29, 1.82) is 0 Å². The number of halogens is 1. The zero-order valence-corrected chi connectivity index (χ0v) is 14.8. The molecular weight excluding hydrogens is 370 g/mol. The number of benzene rings is 1. The maximum atomic E-state index is 5.80. The average molecular weight is 386 g/mol. The van der Waals surface area contributed by atoms with E-state index >= 15 is 0 Å². The second-order valence-electron chi connectivity index (χ2n) is 4.24. The van der Waals surface area contributed by atoms with Crippen LogP contribution in [0.5, 0.6) is 5.75 Å². The first kappa shape index (κ1) is 16.2. The number of hydrogen-bond acceptors (Lipinski definition) is 4. The van der Waals surface area contributed by atoms with Gasteiger partial charge in [-0.3, -0.25) is 4.90 Å². The van der Waals surface area contributed by atoms with Crippen molar-refractivity contribution in [3.8, 4) is 5.75 Å². The highest BCUT2D eigenvalue weighted by atomic mass is 79.9. The first-order chi connectivity index (χ1) is 10.1. The summed E-state index contributed by atoms with van der Waals surface area (Å²) in [6.07, 6.45) is 2.52. The number of nitrogens with zero attached hydrogens (tertiary/aromatic N) is 2. The largest absolute Gasteiger partial charge is 0.494 e. The molecular formula is C14H16BrN3OS2. The van der Waals surface area contributed by atoms with E-state index in [1.54, 1.807) is 6.20 Å². The maximum absolute atomic E-state index is 5.80. The lowest BCUT2D eigenvalue weighted by molar-refractivity contribution is 0.336. The predicted molar refractivity (Wildman–Crippen MR) is 95.3 cm³/mol. The molecule has 0 fully saturated rings. The molecule has 112 valence electrons. The Bertz CT molecular complexity index is 604. The van der Waals surface area contributed by atoms with Crippen molar-refractivity contribution < 1.29 is 4.74 Å². The molecule has 1 aromatic heterocycles. The molecule has 0 saturated heterocycles. The van der Waals surface area contributed by atoms with Gasteiger partial charge in [-0.05, 0) is 49.3 Å². The summed E-state index contributed by atoms with van der Waals surface area (Å²) in [6.45, 7) is 3.28. The second kappa shape index (κ2) is 7.72. The smallest absolute Gasteiger partial charge is 0.191 e. The normalized spacial score (nSPS) is 10.4. The van der Waals surface area contributed by atoms with Crippen molar-refractivity contribution in [1.82, 2.24) is 4.98 Å². The lowest BCUT2D eigenvalue weighted by Crippen LogP contribution is -2.37. The number of thiocarbonyl (C=S) groups is 1. The van der Waals surface area contributed by atoms with E-state index in [4.69, 9.17) is 22.7 Å². The maximum Gasteiger partial charge on any atom is 0.191 e. The summed E-state index contributed by atoms with van der Waals surface area (Å²) >= 11 is 10.1. The molecule has 4 nitrogen and oxygen atoms in total. The van der Waals surface area contributed by atoms with Crippen LogP contribution in [0.3, 0.4) is 0 Å². The zero-order valence-electron chi connectivity index (χ0n) is 11.6. The van der Waals surface area contributed by atoms with Crippen LogP contribution in [0.1, 0.15) is 12.5 Å². The molecule has 0 bridgehead atoms. The van der Waals surface area contributed by atoms with E-state index in [2.05, 4.69) is 27.0 Å². The van der Waals surface area contributed by atoms with Crippen molar-refractivity contribution in [2.75, 3.05) is 18.1 Å². The summed E-state index contributed by atoms with van der Waals surface area (Å²) in [5, 5.41) is 3.05. The number of thiazole rings is 1. The van der Waals surface area contributed by atoms with Gasteiger partial charge in [-0.2, -0.15) is 0 Å². The highest BCUT2D eigenvalue weighted by Gasteiger charge is 2.13. The Labute approximate surface area is 142 Å². The molecule has 2 N–H and O–H groups in total. The molecule has 0 aliphatic carbocycles. The number of ether oxygens (including phenoxy) is 1. The summed E-state index contributed by atoms with van der Waals surface area (Å²) in [7, 11) is 0. The quantitative estimate of drug-likeness (QED) is 0.769. The van der Waals surface area contributed by atoms with Gasteiger partial charge in [0.1, 0.15) is 5.75 Å². The summed E-state index contributed by atoms with van der Waals surface area (Å²) < 4.78 is 6.68. The fraction of sp³-hybridized carbons (Fsp3) is 0.286. The molecule has 0 atom stereocenters. The summed E-state index contributed by atoms with van der Waals surface area (Å²) in [5.41, 5.74) is 6.92. The van der Waals surface area contributed by atoms with Crippen molar-refractivity contribution in [2.24, 2.45) is 5.73 Å². The highest BCUT2D eigenvalue weighted by molar-refractivity contribution is 9.10. The summed E-state index contributed by atoms with van der Waals surface area (Å²) in [4.78, 5) is 6.11. The van der Waals surface area contributed by atoms with Gasteiger partial charge in [0.15, 0.2) is 10.2 Å². The standard InChI is InChI=1S/C14H16BrN3OS2/c1-2-19-12-4-3-11(15)9-10(12)5-7-18(13(16)20)14-17-6-8-21-14/h3-4,6,8-9H,2,5,7H2,1H3,(H2,16,20). The van der Waals surface area contributed by atoms with Crippen molar-refractivity contribution in [2.45, 2.75) is 13.3 Å². The monoisotopic (exact) mass is 385 g/mol. The molecule has 0 aliphatic heterocycles. The molecule has 0 radical (unpaired) electrons. The Morgan fingerprint density at radius 1 is 1.52 bits per heavy atom. The van der Waals surface area contributed by atoms with Crippen molar-refractivity contribution in [3.63, 3.8) is 0 Å². The summed E-state index contributed by atoms with van der Waals surface area (Å²) in [6, 6.07) is 6.00. The Kier molecular flexibility index (Phi) is 5.96. The molecule has 0 aliphatic rings. The van der Waals surface area contributed by atoms with Gasteiger partial charge < -0.3 is 10.5 Å². The van der Waals surface area contributed by atoms with Crippen molar-refractivity contribution in [3.05, 3.63) is 39.8 Å². The van der Waals surface area contributed by atoms with E-state index in [1.165, 1.54) is 11.3 Å². The number of anilines is 1. The summed E-state index contributed by atoms with van der Waals surface area (Å²) in [5.74, 6) is 0.891. The third-order valence-corrected chi connectivity index (χ3v) is 4.35. The first-order valence-electron chi connectivity index (χ1n) is 6.49. The van der Waals surface area contributed by atoms with E-state index in [0.29, 0.717) is 18.3 Å². The number of rotatable bonds is 6. The topological polar surface area (TPSA) is 51.4 Å². The Hall–Kier alpha value is -1.18. The van der Waals surface area contributed by atoms with Gasteiger partial charge in [-0.1, -0.05) is 15.9 Å². The molecule has 1 heterocycles. The third-order valence-electron chi connectivity index (χ3n) is 2.84. The molecule has 21 heavy (non-hydrogen) atoms. The van der Waals surface area contributed by atoms with Gasteiger partial charge in [0.25, 0.3) is 0 Å². The van der Waals surface area contributed by atoms with Crippen LogP contribution in [0.15, 0.2) is 34.2 Å². The Morgan fingerprint density at radius 3 is 2.95 bits per heavy atom. The SMILES string of the molecule is CCOc1ccc(Br)cc1CCN(C(N)=S)c1nccs1.